The van der Waals surface area contributed by atoms with Gasteiger partial charge in [-0.25, -0.2) is 0 Å². The molecule has 1 aliphatic rings. The van der Waals surface area contributed by atoms with Crippen molar-refractivity contribution in [2.45, 2.75) is 0 Å². The Balaban J connectivity index is 1.91. The molecule has 0 aromatic heterocycles. The molecule has 1 fully saturated rings. The van der Waals surface area contributed by atoms with E-state index in [0.29, 0.717) is 0 Å². The number of ether oxygens (including phenoxy) is 1. The number of nitrogens with zero attached hydrogens (tertiary/aromatic N) is 1. The molecule has 1 aromatic rings. The molecule has 1 saturated heterocycles. The Hall–Kier alpha value is -1.12. The number of benzene rings is 1. The van der Waals surface area contributed by atoms with Crippen LogP contribution in [0.25, 0.3) is 5.57 Å². The fourth-order valence-electron chi connectivity index (χ4n) is 1.79. The van der Waals surface area contributed by atoms with Crippen molar-refractivity contribution >= 4 is 5.57 Å². The van der Waals surface area contributed by atoms with Crippen LogP contribution in [0.3, 0.4) is 0 Å². The zero-order valence-corrected chi connectivity index (χ0v) is 8.98. The molecule has 1 aromatic carbocycles. The maximum Gasteiger partial charge on any atom is 0.0594 e. The molecule has 2 heteroatoms. The van der Waals surface area contributed by atoms with Gasteiger partial charge in [0.05, 0.1) is 13.2 Å². The van der Waals surface area contributed by atoms with Crippen LogP contribution in [-0.4, -0.2) is 37.7 Å². The highest BCUT2D eigenvalue weighted by Crippen LogP contribution is 2.13. The molecule has 0 atom stereocenters. The average Bonchev–Trinajstić information content (AvgIpc) is 2.31. The molecule has 0 aliphatic carbocycles. The Morgan fingerprint density at radius 1 is 1.20 bits per heavy atom. The van der Waals surface area contributed by atoms with E-state index in [0.717, 1.165) is 32.8 Å². The molecule has 80 valence electrons. The van der Waals surface area contributed by atoms with Crippen LogP contribution in [0.1, 0.15) is 5.56 Å². The summed E-state index contributed by atoms with van der Waals surface area (Å²) in [5.74, 6) is 0. The van der Waals surface area contributed by atoms with Crippen LogP contribution in [0.2, 0.25) is 0 Å². The smallest absolute Gasteiger partial charge is 0.0594 e. The van der Waals surface area contributed by atoms with Crippen molar-refractivity contribution in [1.82, 2.24) is 4.90 Å². The van der Waals surface area contributed by atoms with E-state index in [4.69, 9.17) is 4.74 Å². The summed E-state index contributed by atoms with van der Waals surface area (Å²) in [6.45, 7) is 8.83. The molecule has 0 amide bonds. The second-order valence-corrected chi connectivity index (χ2v) is 3.86. The molecule has 0 unspecified atom stereocenters. The van der Waals surface area contributed by atoms with Crippen molar-refractivity contribution < 1.29 is 4.74 Å². The van der Waals surface area contributed by atoms with Crippen molar-refractivity contribution in [3.05, 3.63) is 42.5 Å². The third kappa shape index (κ3) is 2.91. The first-order valence-corrected chi connectivity index (χ1v) is 5.39. The third-order valence-electron chi connectivity index (χ3n) is 2.70. The lowest BCUT2D eigenvalue weighted by molar-refractivity contribution is 0.0444. The number of rotatable bonds is 3. The summed E-state index contributed by atoms with van der Waals surface area (Å²) in [4.78, 5) is 2.39. The first kappa shape index (κ1) is 10.4. The van der Waals surface area contributed by atoms with Gasteiger partial charge in [0.25, 0.3) is 0 Å². The van der Waals surface area contributed by atoms with Crippen LogP contribution in [0.4, 0.5) is 0 Å². The van der Waals surface area contributed by atoms with Crippen LogP contribution in [0.15, 0.2) is 36.9 Å². The average molecular weight is 203 g/mol. The van der Waals surface area contributed by atoms with Crippen molar-refractivity contribution in [3.63, 3.8) is 0 Å². The van der Waals surface area contributed by atoms with Crippen LogP contribution < -0.4 is 0 Å². The fraction of sp³-hybridized carbons (Fsp3) is 0.385. The summed E-state index contributed by atoms with van der Waals surface area (Å²) in [7, 11) is 0. The summed E-state index contributed by atoms with van der Waals surface area (Å²) >= 11 is 0. The van der Waals surface area contributed by atoms with Crippen LogP contribution in [-0.2, 0) is 4.74 Å². The number of hydrogen-bond acceptors (Lipinski definition) is 2. The lowest BCUT2D eigenvalue weighted by Crippen LogP contribution is -2.37. The standard InChI is InChI=1S/C13H17NO/c1-12(13-5-3-2-4-6-13)11-14-7-9-15-10-8-14/h2-6H,1,7-11H2. The van der Waals surface area contributed by atoms with Gasteiger partial charge < -0.3 is 4.74 Å². The molecular weight excluding hydrogens is 186 g/mol. The highest BCUT2D eigenvalue weighted by atomic mass is 16.5. The summed E-state index contributed by atoms with van der Waals surface area (Å²) in [5, 5.41) is 0. The summed E-state index contributed by atoms with van der Waals surface area (Å²) in [6.07, 6.45) is 0. The van der Waals surface area contributed by atoms with E-state index in [1.54, 1.807) is 0 Å². The lowest BCUT2D eigenvalue weighted by Gasteiger charge is -2.27. The van der Waals surface area contributed by atoms with Gasteiger partial charge in [0, 0.05) is 19.6 Å². The number of hydrogen-bond donors (Lipinski definition) is 0. The summed E-state index contributed by atoms with van der Waals surface area (Å²) in [5.41, 5.74) is 2.43. The lowest BCUT2D eigenvalue weighted by atomic mass is 10.1. The molecule has 0 N–H and O–H groups in total. The normalized spacial score (nSPS) is 17.6. The van der Waals surface area contributed by atoms with E-state index >= 15 is 0 Å². The SMILES string of the molecule is C=C(CN1CCOCC1)c1ccccc1. The first-order chi connectivity index (χ1) is 7.36. The largest absolute Gasteiger partial charge is 0.379 e. The van der Waals surface area contributed by atoms with E-state index in [-0.39, 0.29) is 0 Å². The monoisotopic (exact) mass is 203 g/mol. The van der Waals surface area contributed by atoms with Gasteiger partial charge in [-0.05, 0) is 11.1 Å². The van der Waals surface area contributed by atoms with Gasteiger partial charge in [0.15, 0.2) is 0 Å². The van der Waals surface area contributed by atoms with Crippen LogP contribution >= 0.6 is 0 Å². The third-order valence-corrected chi connectivity index (χ3v) is 2.70. The molecule has 2 nitrogen and oxygen atoms in total. The van der Waals surface area contributed by atoms with Gasteiger partial charge in [0.1, 0.15) is 0 Å². The van der Waals surface area contributed by atoms with Crippen molar-refractivity contribution in [3.8, 4) is 0 Å². The Kier molecular flexibility index (Phi) is 3.54. The second kappa shape index (κ2) is 5.10. The van der Waals surface area contributed by atoms with E-state index in [9.17, 15) is 0 Å². The minimum absolute atomic E-state index is 0.849. The second-order valence-electron chi connectivity index (χ2n) is 3.86. The maximum atomic E-state index is 5.32. The molecule has 1 heterocycles. The Morgan fingerprint density at radius 2 is 1.87 bits per heavy atom. The van der Waals surface area contributed by atoms with Crippen LogP contribution in [0, 0.1) is 0 Å². The zero-order chi connectivity index (χ0) is 10.5. The van der Waals surface area contributed by atoms with E-state index in [2.05, 4.69) is 35.7 Å². The Labute approximate surface area is 91.2 Å². The number of morpholine rings is 1. The highest BCUT2D eigenvalue weighted by Gasteiger charge is 2.11. The predicted octanol–water partition coefficient (Wildman–Crippen LogP) is 2.03. The zero-order valence-electron chi connectivity index (χ0n) is 8.98. The predicted molar refractivity (Wildman–Crippen MR) is 62.7 cm³/mol. The van der Waals surface area contributed by atoms with Crippen molar-refractivity contribution in [1.29, 1.82) is 0 Å². The molecule has 1 aliphatic heterocycles. The minimum atomic E-state index is 0.849. The molecule has 2 rings (SSSR count). The molecule has 0 saturated carbocycles. The van der Waals surface area contributed by atoms with Crippen LogP contribution in [0.5, 0.6) is 0 Å². The summed E-state index contributed by atoms with van der Waals surface area (Å²) in [6, 6.07) is 10.4. The quantitative estimate of drug-likeness (QED) is 0.745. The van der Waals surface area contributed by atoms with Gasteiger partial charge >= 0.3 is 0 Å². The molecule has 0 spiro atoms. The van der Waals surface area contributed by atoms with Crippen molar-refractivity contribution in [2.75, 3.05) is 32.8 Å². The van der Waals surface area contributed by atoms with E-state index in [1.165, 1.54) is 11.1 Å². The maximum absolute atomic E-state index is 5.32. The topological polar surface area (TPSA) is 12.5 Å². The first-order valence-electron chi connectivity index (χ1n) is 5.39. The summed E-state index contributed by atoms with van der Waals surface area (Å²) < 4.78 is 5.32. The Bertz CT molecular complexity index is 315. The van der Waals surface area contributed by atoms with Gasteiger partial charge in [-0.3, -0.25) is 4.90 Å². The highest BCUT2D eigenvalue weighted by molar-refractivity contribution is 5.64. The van der Waals surface area contributed by atoms with E-state index < -0.39 is 0 Å². The van der Waals surface area contributed by atoms with Gasteiger partial charge in [-0.1, -0.05) is 36.9 Å². The van der Waals surface area contributed by atoms with E-state index in [1.807, 2.05) is 6.07 Å². The molecular formula is C13H17NO. The fourth-order valence-corrected chi connectivity index (χ4v) is 1.79. The minimum Gasteiger partial charge on any atom is -0.379 e. The van der Waals surface area contributed by atoms with Gasteiger partial charge in [-0.15, -0.1) is 0 Å². The van der Waals surface area contributed by atoms with Gasteiger partial charge in [0.2, 0.25) is 0 Å². The Morgan fingerprint density at radius 3 is 2.53 bits per heavy atom. The molecule has 15 heavy (non-hydrogen) atoms. The molecule has 0 radical (unpaired) electrons. The van der Waals surface area contributed by atoms with Gasteiger partial charge in [-0.2, -0.15) is 0 Å². The molecule has 0 bridgehead atoms. The van der Waals surface area contributed by atoms with Crippen molar-refractivity contribution in [2.24, 2.45) is 0 Å².